The van der Waals surface area contributed by atoms with Crippen LogP contribution < -0.4 is 10.5 Å². The van der Waals surface area contributed by atoms with Crippen molar-refractivity contribution in [1.29, 1.82) is 5.26 Å². The molecule has 1 heterocycles. The third kappa shape index (κ3) is 2.35. The van der Waals surface area contributed by atoms with Gasteiger partial charge in [0, 0.05) is 5.56 Å². The third-order valence-electron chi connectivity index (χ3n) is 5.22. The molecule has 0 bridgehead atoms. The van der Waals surface area contributed by atoms with E-state index in [2.05, 4.69) is 48.5 Å². The second kappa shape index (κ2) is 5.89. The molecule has 4 aromatic rings. The van der Waals surface area contributed by atoms with E-state index in [1.165, 1.54) is 5.39 Å². The molecule has 128 valence electrons. The smallest absolute Gasteiger partial charge is 0.205 e. The van der Waals surface area contributed by atoms with Gasteiger partial charge in [0.2, 0.25) is 5.88 Å². The summed E-state index contributed by atoms with van der Waals surface area (Å²) in [5, 5.41) is 14.3. The largest absolute Gasteiger partial charge is 0.440 e. The Bertz CT molecular complexity index is 1280. The molecule has 1 aliphatic heterocycles. The van der Waals surface area contributed by atoms with Crippen LogP contribution in [0.4, 0.5) is 0 Å². The molecule has 5 rings (SSSR count). The summed E-state index contributed by atoms with van der Waals surface area (Å²) in [7, 11) is 0. The number of rotatable bonds is 1. The molecule has 1 atom stereocenters. The Balaban J connectivity index is 1.84. The van der Waals surface area contributed by atoms with Gasteiger partial charge in [-0.15, -0.1) is 0 Å². The van der Waals surface area contributed by atoms with Crippen LogP contribution in [-0.2, 0) is 0 Å². The lowest BCUT2D eigenvalue weighted by Gasteiger charge is -2.28. The van der Waals surface area contributed by atoms with Crippen molar-refractivity contribution in [3.8, 4) is 11.8 Å². The Morgan fingerprint density at radius 1 is 0.815 bits per heavy atom. The predicted octanol–water partition coefficient (Wildman–Crippen LogP) is 5.21. The van der Waals surface area contributed by atoms with Crippen LogP contribution in [0.15, 0.2) is 90.3 Å². The van der Waals surface area contributed by atoms with E-state index in [1.54, 1.807) is 0 Å². The first-order chi connectivity index (χ1) is 13.3. The van der Waals surface area contributed by atoms with E-state index in [9.17, 15) is 5.26 Å². The normalized spacial score (nSPS) is 16.0. The molecule has 3 heteroatoms. The molecule has 27 heavy (non-hydrogen) atoms. The van der Waals surface area contributed by atoms with Gasteiger partial charge in [-0.3, -0.25) is 0 Å². The van der Waals surface area contributed by atoms with Crippen molar-refractivity contribution in [2.75, 3.05) is 0 Å². The third-order valence-corrected chi connectivity index (χ3v) is 5.22. The van der Waals surface area contributed by atoms with Crippen molar-refractivity contribution in [3.05, 3.63) is 101 Å². The zero-order chi connectivity index (χ0) is 18.4. The van der Waals surface area contributed by atoms with E-state index < -0.39 is 0 Å². The van der Waals surface area contributed by atoms with Crippen LogP contribution in [0.5, 0.6) is 5.75 Å². The van der Waals surface area contributed by atoms with Gasteiger partial charge in [-0.2, -0.15) is 5.26 Å². The Morgan fingerprint density at radius 3 is 2.33 bits per heavy atom. The standard InChI is InChI=1S/C24H16N2O/c25-14-20-22(18-10-9-15-5-1-2-7-17(15)13-18)23-19-8-4-3-6-16(19)11-12-21(23)27-24(20)26/h1-13,22H,26H2. The summed E-state index contributed by atoms with van der Waals surface area (Å²) in [6.07, 6.45) is 0. The molecular weight excluding hydrogens is 332 g/mol. The van der Waals surface area contributed by atoms with E-state index in [0.717, 1.165) is 27.3 Å². The lowest BCUT2D eigenvalue weighted by Crippen LogP contribution is -2.21. The maximum Gasteiger partial charge on any atom is 0.205 e. The summed E-state index contributed by atoms with van der Waals surface area (Å²) in [6, 6.07) is 28.9. The number of nitriles is 1. The predicted molar refractivity (Wildman–Crippen MR) is 107 cm³/mol. The zero-order valence-electron chi connectivity index (χ0n) is 14.5. The molecule has 4 aromatic carbocycles. The fraction of sp³-hybridized carbons (Fsp3) is 0.0417. The number of fused-ring (bicyclic) bond motifs is 4. The molecule has 0 saturated carbocycles. The second-order valence-electron chi connectivity index (χ2n) is 6.73. The van der Waals surface area contributed by atoms with E-state index in [-0.39, 0.29) is 11.8 Å². The summed E-state index contributed by atoms with van der Waals surface area (Å²) in [6.45, 7) is 0. The number of allylic oxidation sites excluding steroid dienone is 1. The number of hydrogen-bond donors (Lipinski definition) is 1. The second-order valence-corrected chi connectivity index (χ2v) is 6.73. The summed E-state index contributed by atoms with van der Waals surface area (Å²) < 4.78 is 5.82. The van der Waals surface area contributed by atoms with Gasteiger partial charge in [0.25, 0.3) is 0 Å². The Labute approximate surface area is 156 Å². The van der Waals surface area contributed by atoms with Crippen molar-refractivity contribution in [1.82, 2.24) is 0 Å². The molecule has 0 aromatic heterocycles. The maximum absolute atomic E-state index is 9.84. The number of nitrogens with two attached hydrogens (primary N) is 1. The van der Waals surface area contributed by atoms with Gasteiger partial charge in [-0.1, -0.05) is 72.8 Å². The van der Waals surface area contributed by atoms with Gasteiger partial charge in [-0.05, 0) is 33.2 Å². The molecule has 0 spiro atoms. The quantitative estimate of drug-likeness (QED) is 0.513. The Kier molecular flexibility index (Phi) is 3.38. The molecule has 1 aliphatic rings. The highest BCUT2D eigenvalue weighted by Crippen LogP contribution is 2.45. The van der Waals surface area contributed by atoms with Crippen molar-refractivity contribution in [2.45, 2.75) is 5.92 Å². The lowest BCUT2D eigenvalue weighted by atomic mass is 9.80. The number of benzene rings is 4. The van der Waals surface area contributed by atoms with Gasteiger partial charge >= 0.3 is 0 Å². The molecule has 0 amide bonds. The van der Waals surface area contributed by atoms with Crippen molar-refractivity contribution in [2.24, 2.45) is 5.73 Å². The SMILES string of the molecule is N#CC1=C(N)Oc2ccc3ccccc3c2C1c1ccc2ccccc2c1. The summed E-state index contributed by atoms with van der Waals surface area (Å²) in [4.78, 5) is 0. The topological polar surface area (TPSA) is 59.0 Å². The summed E-state index contributed by atoms with van der Waals surface area (Å²) >= 11 is 0. The van der Waals surface area contributed by atoms with Crippen molar-refractivity contribution in [3.63, 3.8) is 0 Å². The fourth-order valence-electron chi connectivity index (χ4n) is 3.96. The molecule has 0 aliphatic carbocycles. The van der Waals surface area contributed by atoms with Gasteiger partial charge in [0.15, 0.2) is 0 Å². The molecule has 0 fully saturated rings. The van der Waals surface area contributed by atoms with E-state index in [4.69, 9.17) is 10.5 Å². The van der Waals surface area contributed by atoms with Crippen LogP contribution in [0.3, 0.4) is 0 Å². The van der Waals surface area contributed by atoms with E-state index >= 15 is 0 Å². The molecule has 0 saturated heterocycles. The van der Waals surface area contributed by atoms with Crippen LogP contribution in [0, 0.1) is 11.3 Å². The van der Waals surface area contributed by atoms with Gasteiger partial charge in [0.05, 0.1) is 5.92 Å². The molecule has 2 N–H and O–H groups in total. The first kappa shape index (κ1) is 15.5. The highest BCUT2D eigenvalue weighted by Gasteiger charge is 2.32. The van der Waals surface area contributed by atoms with Crippen LogP contribution in [0.1, 0.15) is 17.0 Å². The molecule has 1 unspecified atom stereocenters. The van der Waals surface area contributed by atoms with Gasteiger partial charge in [-0.25, -0.2) is 0 Å². The summed E-state index contributed by atoms with van der Waals surface area (Å²) in [5.74, 6) is 0.635. The number of hydrogen-bond acceptors (Lipinski definition) is 3. The van der Waals surface area contributed by atoms with Gasteiger partial charge < -0.3 is 10.5 Å². The highest BCUT2D eigenvalue weighted by molar-refractivity contribution is 5.91. The van der Waals surface area contributed by atoms with Crippen LogP contribution in [0.2, 0.25) is 0 Å². The Morgan fingerprint density at radius 2 is 1.52 bits per heavy atom. The van der Waals surface area contributed by atoms with Crippen LogP contribution in [0.25, 0.3) is 21.5 Å². The van der Waals surface area contributed by atoms with Crippen molar-refractivity contribution >= 4 is 21.5 Å². The Hall–Kier alpha value is -3.77. The number of nitrogens with zero attached hydrogens (tertiary/aromatic N) is 1. The highest BCUT2D eigenvalue weighted by atomic mass is 16.5. The average Bonchev–Trinajstić information content (AvgIpc) is 2.72. The van der Waals surface area contributed by atoms with Gasteiger partial charge in [0.1, 0.15) is 17.4 Å². The van der Waals surface area contributed by atoms with E-state index in [1.807, 2.05) is 36.4 Å². The average molecular weight is 348 g/mol. The first-order valence-corrected chi connectivity index (χ1v) is 8.84. The molecular formula is C24H16N2O. The maximum atomic E-state index is 9.84. The fourth-order valence-corrected chi connectivity index (χ4v) is 3.96. The zero-order valence-corrected chi connectivity index (χ0v) is 14.5. The van der Waals surface area contributed by atoms with Crippen molar-refractivity contribution < 1.29 is 4.74 Å². The van der Waals surface area contributed by atoms with Crippen LogP contribution >= 0.6 is 0 Å². The molecule has 3 nitrogen and oxygen atoms in total. The van der Waals surface area contributed by atoms with E-state index in [0.29, 0.717) is 11.3 Å². The van der Waals surface area contributed by atoms with Crippen LogP contribution in [-0.4, -0.2) is 0 Å². The minimum Gasteiger partial charge on any atom is -0.440 e. The summed E-state index contributed by atoms with van der Waals surface area (Å²) in [5.41, 5.74) is 8.61. The first-order valence-electron chi connectivity index (χ1n) is 8.84. The minimum absolute atomic E-state index is 0.179. The monoisotopic (exact) mass is 348 g/mol. The minimum atomic E-state index is -0.255. The number of ether oxygens (including phenoxy) is 1. The molecule has 0 radical (unpaired) electrons. The lowest BCUT2D eigenvalue weighted by molar-refractivity contribution is 0.395.